The van der Waals surface area contributed by atoms with Gasteiger partial charge in [0.05, 0.1) is 5.56 Å². The first-order valence-electron chi connectivity index (χ1n) is 10.6. The molecule has 4 rings (SSSR count). The molecule has 166 valence electrons. The van der Waals surface area contributed by atoms with Crippen molar-refractivity contribution < 1.29 is 14.0 Å². The summed E-state index contributed by atoms with van der Waals surface area (Å²) in [5.41, 5.74) is 2.04. The normalized spacial score (nSPS) is 17.0. The first-order valence-corrected chi connectivity index (χ1v) is 10.6. The Bertz CT molecular complexity index is 1100. The Morgan fingerprint density at radius 2 is 1.91 bits per heavy atom. The molecule has 8 nitrogen and oxygen atoms in total. The number of carbonyl (C=O) groups excluding carboxylic acids is 2. The van der Waals surface area contributed by atoms with Crippen LogP contribution in [-0.4, -0.2) is 49.9 Å². The van der Waals surface area contributed by atoms with Gasteiger partial charge in [0, 0.05) is 37.2 Å². The molecule has 0 bridgehead atoms. The summed E-state index contributed by atoms with van der Waals surface area (Å²) in [6, 6.07) is 5.20. The predicted molar refractivity (Wildman–Crippen MR) is 118 cm³/mol. The molecule has 2 aromatic heterocycles. The molecule has 3 aromatic rings. The molecule has 1 aliphatic heterocycles. The lowest BCUT2D eigenvalue weighted by Crippen LogP contribution is -2.51. The number of ketones is 2. The number of nitrogens with one attached hydrogen (secondary N) is 2. The van der Waals surface area contributed by atoms with Gasteiger partial charge in [-0.05, 0) is 44.0 Å². The highest BCUT2D eigenvalue weighted by Gasteiger charge is 2.33. The number of nitrogens with zero attached hydrogens (tertiary/aromatic N) is 4. The third-order valence-electron chi connectivity index (χ3n) is 5.59. The predicted octanol–water partition coefficient (Wildman–Crippen LogP) is 3.02. The quantitative estimate of drug-likeness (QED) is 0.549. The molecule has 0 saturated carbocycles. The van der Waals surface area contributed by atoms with E-state index in [1.807, 2.05) is 0 Å². The Morgan fingerprint density at radius 1 is 1.19 bits per heavy atom. The minimum Gasteiger partial charge on any atom is -0.342 e. The van der Waals surface area contributed by atoms with Crippen molar-refractivity contribution in [1.29, 1.82) is 0 Å². The van der Waals surface area contributed by atoms with Crippen molar-refractivity contribution in [3.05, 3.63) is 59.9 Å². The molecule has 2 N–H and O–H groups in total. The minimum absolute atomic E-state index is 0.129. The van der Waals surface area contributed by atoms with Crippen LogP contribution in [0.5, 0.6) is 0 Å². The van der Waals surface area contributed by atoms with Crippen molar-refractivity contribution in [1.82, 2.24) is 25.1 Å². The number of hydrogen-bond donors (Lipinski definition) is 2. The number of anilines is 1. The van der Waals surface area contributed by atoms with Crippen LogP contribution in [0.3, 0.4) is 0 Å². The highest BCUT2D eigenvalue weighted by atomic mass is 19.1. The second-order valence-corrected chi connectivity index (χ2v) is 7.97. The van der Waals surface area contributed by atoms with Crippen LogP contribution >= 0.6 is 0 Å². The fourth-order valence-corrected chi connectivity index (χ4v) is 3.89. The van der Waals surface area contributed by atoms with Gasteiger partial charge in [-0.1, -0.05) is 18.6 Å². The summed E-state index contributed by atoms with van der Waals surface area (Å²) < 4.78 is 15.0. The molecule has 1 saturated heterocycles. The Balaban J connectivity index is 1.67. The van der Waals surface area contributed by atoms with E-state index in [0.717, 1.165) is 25.8 Å². The van der Waals surface area contributed by atoms with Crippen molar-refractivity contribution in [2.75, 3.05) is 11.9 Å². The first kappa shape index (κ1) is 21.8. The fraction of sp³-hybridized carbons (Fsp3) is 0.348. The number of aryl methyl sites for hydroxylation is 1. The van der Waals surface area contributed by atoms with Gasteiger partial charge >= 0.3 is 0 Å². The van der Waals surface area contributed by atoms with Gasteiger partial charge < -0.3 is 10.6 Å². The summed E-state index contributed by atoms with van der Waals surface area (Å²) in [6.45, 7) is 2.26. The zero-order valence-electron chi connectivity index (χ0n) is 18.0. The molecule has 32 heavy (non-hydrogen) atoms. The maximum Gasteiger partial charge on any atom is 0.223 e. The van der Waals surface area contributed by atoms with Crippen LogP contribution in [0.2, 0.25) is 0 Å². The number of Topliss-reactive ketones (excluding diaryl/α,β-unsaturated/α-hetero) is 2. The van der Waals surface area contributed by atoms with E-state index in [9.17, 15) is 14.0 Å². The summed E-state index contributed by atoms with van der Waals surface area (Å²) in [5, 5.41) is 11.0. The fourth-order valence-electron chi connectivity index (χ4n) is 3.89. The summed E-state index contributed by atoms with van der Waals surface area (Å²) in [6.07, 6.45) is 7.50. The lowest BCUT2D eigenvalue weighted by molar-refractivity contribution is 0.0939. The van der Waals surface area contributed by atoms with E-state index in [4.69, 9.17) is 0 Å². The Hall–Kier alpha value is -3.46. The number of piperidine rings is 1. The standard InChI is InChI=1S/C23H25FN6O2/c1-14(31)16-11-26-23(27-12-16)28-21(19-5-3-4-10-25-19)22(32)20-18(13-30(2)29-20)15-6-8-17(24)9-7-15/h6-9,11-13,19,21,25H,3-5,10H2,1-2H3,(H,26,27,28)/t19?,21-/m0/s1. The molecular weight excluding hydrogens is 411 g/mol. The monoisotopic (exact) mass is 436 g/mol. The average Bonchev–Trinajstić information content (AvgIpc) is 3.20. The molecule has 0 amide bonds. The van der Waals surface area contributed by atoms with Crippen molar-refractivity contribution >= 4 is 17.5 Å². The number of aromatic nitrogens is 4. The van der Waals surface area contributed by atoms with Gasteiger partial charge in [-0.3, -0.25) is 14.3 Å². The first-order chi connectivity index (χ1) is 15.4. The molecule has 1 aliphatic rings. The van der Waals surface area contributed by atoms with Crippen LogP contribution in [0.25, 0.3) is 11.1 Å². The molecule has 3 heterocycles. The number of halogens is 1. The Kier molecular flexibility index (Phi) is 6.36. The lowest BCUT2D eigenvalue weighted by atomic mass is 9.92. The molecule has 1 unspecified atom stereocenters. The van der Waals surface area contributed by atoms with Crippen LogP contribution in [0, 0.1) is 5.82 Å². The zero-order chi connectivity index (χ0) is 22.7. The highest BCUT2D eigenvalue weighted by Crippen LogP contribution is 2.26. The summed E-state index contributed by atoms with van der Waals surface area (Å²) in [5.74, 6) is -0.415. The van der Waals surface area contributed by atoms with E-state index in [1.165, 1.54) is 31.5 Å². The summed E-state index contributed by atoms with van der Waals surface area (Å²) in [4.78, 5) is 33.7. The molecule has 0 spiro atoms. The van der Waals surface area contributed by atoms with Gasteiger partial charge in [0.2, 0.25) is 11.7 Å². The second-order valence-electron chi connectivity index (χ2n) is 7.97. The third kappa shape index (κ3) is 4.72. The highest BCUT2D eigenvalue weighted by molar-refractivity contribution is 6.05. The van der Waals surface area contributed by atoms with Gasteiger partial charge in [0.25, 0.3) is 0 Å². The maximum absolute atomic E-state index is 13.7. The van der Waals surface area contributed by atoms with Gasteiger partial charge in [-0.2, -0.15) is 5.10 Å². The van der Waals surface area contributed by atoms with E-state index in [0.29, 0.717) is 22.4 Å². The van der Waals surface area contributed by atoms with Crippen molar-refractivity contribution in [3.63, 3.8) is 0 Å². The second kappa shape index (κ2) is 9.35. The molecule has 0 radical (unpaired) electrons. The van der Waals surface area contributed by atoms with Crippen molar-refractivity contribution in [2.45, 2.75) is 38.3 Å². The van der Waals surface area contributed by atoms with E-state index >= 15 is 0 Å². The van der Waals surface area contributed by atoms with Gasteiger partial charge in [-0.15, -0.1) is 0 Å². The van der Waals surface area contributed by atoms with Crippen LogP contribution in [0.15, 0.2) is 42.9 Å². The Labute approximate surface area is 185 Å². The van der Waals surface area contributed by atoms with Crippen molar-refractivity contribution in [2.24, 2.45) is 7.05 Å². The SMILES string of the molecule is CC(=O)c1cnc(N[C@H](C(=O)c2nn(C)cc2-c2ccc(F)cc2)C2CCCCN2)nc1. The van der Waals surface area contributed by atoms with Crippen LogP contribution in [-0.2, 0) is 7.05 Å². The Morgan fingerprint density at radius 3 is 2.53 bits per heavy atom. The van der Waals surface area contributed by atoms with Crippen LogP contribution in [0.1, 0.15) is 47.0 Å². The van der Waals surface area contributed by atoms with Crippen molar-refractivity contribution in [3.8, 4) is 11.1 Å². The van der Waals surface area contributed by atoms with Gasteiger partial charge in [0.15, 0.2) is 5.78 Å². The molecule has 1 aromatic carbocycles. The lowest BCUT2D eigenvalue weighted by Gasteiger charge is -2.30. The van der Waals surface area contributed by atoms with Gasteiger partial charge in [-0.25, -0.2) is 14.4 Å². The summed E-state index contributed by atoms with van der Waals surface area (Å²) in [7, 11) is 1.74. The third-order valence-corrected chi connectivity index (χ3v) is 5.59. The number of rotatable bonds is 7. The maximum atomic E-state index is 13.7. The number of carbonyl (C=O) groups is 2. The molecular formula is C23H25FN6O2. The molecule has 1 fully saturated rings. The van der Waals surface area contributed by atoms with E-state index in [-0.39, 0.29) is 29.4 Å². The van der Waals surface area contributed by atoms with Crippen LogP contribution in [0.4, 0.5) is 10.3 Å². The zero-order valence-corrected chi connectivity index (χ0v) is 18.0. The average molecular weight is 436 g/mol. The summed E-state index contributed by atoms with van der Waals surface area (Å²) >= 11 is 0. The van der Waals surface area contributed by atoms with E-state index in [1.54, 1.807) is 30.1 Å². The minimum atomic E-state index is -0.660. The van der Waals surface area contributed by atoms with E-state index in [2.05, 4.69) is 25.7 Å². The molecule has 2 atom stereocenters. The molecule has 0 aliphatic carbocycles. The number of benzene rings is 1. The van der Waals surface area contributed by atoms with Gasteiger partial charge in [0.1, 0.15) is 17.6 Å². The largest absolute Gasteiger partial charge is 0.342 e. The van der Waals surface area contributed by atoms with E-state index < -0.39 is 6.04 Å². The molecule has 9 heteroatoms. The smallest absolute Gasteiger partial charge is 0.223 e. The van der Waals surface area contributed by atoms with Crippen LogP contribution < -0.4 is 10.6 Å². The topological polar surface area (TPSA) is 102 Å². The number of hydrogen-bond acceptors (Lipinski definition) is 7.